The molecule has 0 aliphatic heterocycles. The van der Waals surface area contributed by atoms with Gasteiger partial charge in [-0.15, -0.1) is 0 Å². The first kappa shape index (κ1) is 20.4. The molecule has 0 saturated carbocycles. The van der Waals surface area contributed by atoms with E-state index in [0.717, 1.165) is 0 Å². The Morgan fingerprint density at radius 3 is 1.44 bits per heavy atom. The topological polar surface area (TPSA) is 52.6 Å². The molecular formula is C12H26O4. The Balaban J connectivity index is -0.000000200. The summed E-state index contributed by atoms with van der Waals surface area (Å²) in [7, 11) is 1.39. The van der Waals surface area contributed by atoms with E-state index in [9.17, 15) is 9.59 Å². The van der Waals surface area contributed by atoms with Crippen molar-refractivity contribution in [2.45, 2.75) is 42.0 Å². The number of carbonyl (C=O) groups is 2. The molecule has 0 fully saturated rings. The van der Waals surface area contributed by atoms with Crippen LogP contribution >= 0.6 is 0 Å². The third kappa shape index (κ3) is 12.9. The van der Waals surface area contributed by atoms with E-state index < -0.39 is 0 Å². The van der Waals surface area contributed by atoms with Gasteiger partial charge in [0.05, 0.1) is 25.6 Å². The van der Waals surface area contributed by atoms with Gasteiger partial charge in [0.25, 0.3) is 0 Å². The van der Waals surface area contributed by atoms with Crippen LogP contribution in [0, 0.1) is 11.8 Å². The van der Waals surface area contributed by atoms with Crippen LogP contribution in [0.15, 0.2) is 0 Å². The quantitative estimate of drug-likeness (QED) is 0.704. The normalized spacial score (nSPS) is 8.75. The molecule has 16 heavy (non-hydrogen) atoms. The van der Waals surface area contributed by atoms with Crippen molar-refractivity contribution in [3.8, 4) is 0 Å². The molecule has 0 aliphatic rings. The van der Waals surface area contributed by atoms with Gasteiger partial charge in [0.2, 0.25) is 0 Å². The summed E-state index contributed by atoms with van der Waals surface area (Å²) in [6.45, 7) is 9.52. The second kappa shape index (κ2) is 12.0. The lowest BCUT2D eigenvalue weighted by molar-refractivity contribution is -0.147. The minimum atomic E-state index is -0.153. The van der Waals surface area contributed by atoms with Crippen molar-refractivity contribution in [2.75, 3.05) is 13.7 Å². The van der Waals surface area contributed by atoms with E-state index in [1.165, 1.54) is 7.11 Å². The number of hydrogen-bond acceptors (Lipinski definition) is 4. The van der Waals surface area contributed by atoms with Gasteiger partial charge in [0, 0.05) is 0 Å². The highest BCUT2D eigenvalue weighted by Crippen LogP contribution is 1.94. The Labute approximate surface area is 99.3 Å². The molecule has 0 atom stereocenters. The smallest absolute Gasteiger partial charge is 0.308 e. The molecule has 0 N–H and O–H groups in total. The first-order valence-corrected chi connectivity index (χ1v) is 5.11. The van der Waals surface area contributed by atoms with Crippen LogP contribution in [0.5, 0.6) is 0 Å². The predicted molar refractivity (Wildman–Crippen MR) is 65.1 cm³/mol. The fourth-order valence-corrected chi connectivity index (χ4v) is 0.545. The fraction of sp³-hybridized carbons (Fsp3) is 0.833. The van der Waals surface area contributed by atoms with Crippen molar-refractivity contribution in [3.63, 3.8) is 0 Å². The minimum absolute atomic E-state index is 0. The standard InChI is InChI=1S/C6H12O2.C5H10O2.CH4/c1-4-8-6(7)5(2)3;1-4(2)5(6)7-3;/h5H,4H2,1-3H3;4H,1-3H3;1H4. The molecule has 4 nitrogen and oxygen atoms in total. The number of hydrogen-bond donors (Lipinski definition) is 0. The van der Waals surface area contributed by atoms with E-state index in [1.54, 1.807) is 20.8 Å². The molecule has 0 unspecified atom stereocenters. The van der Waals surface area contributed by atoms with Gasteiger partial charge in [-0.1, -0.05) is 35.1 Å². The molecule has 0 bridgehead atoms. The summed E-state index contributed by atoms with van der Waals surface area (Å²) in [4.78, 5) is 20.8. The summed E-state index contributed by atoms with van der Waals surface area (Å²) in [6.07, 6.45) is 0. The number of esters is 2. The number of carbonyl (C=O) groups excluding carboxylic acids is 2. The highest BCUT2D eigenvalue weighted by molar-refractivity contribution is 5.71. The van der Waals surface area contributed by atoms with E-state index in [0.29, 0.717) is 6.61 Å². The summed E-state index contributed by atoms with van der Waals surface area (Å²) < 4.78 is 9.04. The van der Waals surface area contributed by atoms with Gasteiger partial charge in [-0.3, -0.25) is 9.59 Å². The summed E-state index contributed by atoms with van der Waals surface area (Å²) in [5.41, 5.74) is 0. The monoisotopic (exact) mass is 234 g/mol. The van der Waals surface area contributed by atoms with Gasteiger partial charge in [-0.05, 0) is 6.92 Å². The average molecular weight is 234 g/mol. The molecular weight excluding hydrogens is 208 g/mol. The maximum atomic E-state index is 10.5. The Bertz CT molecular complexity index is 185. The Morgan fingerprint density at radius 2 is 1.38 bits per heavy atom. The summed E-state index contributed by atoms with van der Waals surface area (Å²) in [5.74, 6) is -0.257. The van der Waals surface area contributed by atoms with Gasteiger partial charge < -0.3 is 9.47 Å². The van der Waals surface area contributed by atoms with Crippen LogP contribution in [0.2, 0.25) is 0 Å². The van der Waals surface area contributed by atoms with Crippen LogP contribution in [0.25, 0.3) is 0 Å². The van der Waals surface area contributed by atoms with Gasteiger partial charge in [0.1, 0.15) is 0 Å². The van der Waals surface area contributed by atoms with Crippen molar-refractivity contribution < 1.29 is 19.1 Å². The Kier molecular flexibility index (Phi) is 15.3. The molecule has 0 saturated heterocycles. The summed E-state index contributed by atoms with van der Waals surface area (Å²) in [5, 5.41) is 0. The fourth-order valence-electron chi connectivity index (χ4n) is 0.545. The maximum Gasteiger partial charge on any atom is 0.308 e. The van der Waals surface area contributed by atoms with Gasteiger partial charge >= 0.3 is 11.9 Å². The van der Waals surface area contributed by atoms with Gasteiger partial charge in [-0.2, -0.15) is 0 Å². The first-order valence-electron chi connectivity index (χ1n) is 5.11. The molecule has 0 spiro atoms. The number of ether oxygens (including phenoxy) is 2. The largest absolute Gasteiger partial charge is 0.469 e. The Morgan fingerprint density at radius 1 is 1.00 bits per heavy atom. The molecule has 0 aliphatic carbocycles. The zero-order valence-electron chi connectivity index (χ0n) is 10.5. The average Bonchev–Trinajstić information content (AvgIpc) is 2.17. The van der Waals surface area contributed by atoms with Crippen molar-refractivity contribution >= 4 is 11.9 Å². The lowest BCUT2D eigenvalue weighted by Gasteiger charge is -2.01. The van der Waals surface area contributed by atoms with Crippen LogP contribution in [0.4, 0.5) is 0 Å². The summed E-state index contributed by atoms with van der Waals surface area (Å²) >= 11 is 0. The second-order valence-electron chi connectivity index (χ2n) is 3.58. The second-order valence-corrected chi connectivity index (χ2v) is 3.58. The summed E-state index contributed by atoms with van der Waals surface area (Å²) in [6, 6.07) is 0. The number of methoxy groups -OCH3 is 1. The molecule has 0 heterocycles. The lowest BCUT2D eigenvalue weighted by Crippen LogP contribution is -2.10. The van der Waals surface area contributed by atoms with Crippen LogP contribution in [0.3, 0.4) is 0 Å². The molecule has 4 heteroatoms. The van der Waals surface area contributed by atoms with E-state index in [-0.39, 0.29) is 31.2 Å². The highest BCUT2D eigenvalue weighted by Gasteiger charge is 2.05. The maximum absolute atomic E-state index is 10.5. The first-order chi connectivity index (χ1) is 6.86. The molecule has 0 aromatic carbocycles. The van der Waals surface area contributed by atoms with E-state index in [1.807, 2.05) is 13.8 Å². The molecule has 0 aromatic rings. The molecule has 98 valence electrons. The molecule has 0 rings (SSSR count). The Hall–Kier alpha value is -1.06. The minimum Gasteiger partial charge on any atom is -0.469 e. The van der Waals surface area contributed by atoms with Crippen LogP contribution < -0.4 is 0 Å². The van der Waals surface area contributed by atoms with E-state index >= 15 is 0 Å². The van der Waals surface area contributed by atoms with Crippen LogP contribution in [-0.2, 0) is 19.1 Å². The van der Waals surface area contributed by atoms with Crippen LogP contribution in [0.1, 0.15) is 42.0 Å². The number of rotatable bonds is 3. The van der Waals surface area contributed by atoms with E-state index in [4.69, 9.17) is 0 Å². The highest BCUT2D eigenvalue weighted by atomic mass is 16.5. The lowest BCUT2D eigenvalue weighted by atomic mass is 10.2. The van der Waals surface area contributed by atoms with Crippen molar-refractivity contribution in [3.05, 3.63) is 0 Å². The SMILES string of the molecule is C.CCOC(=O)C(C)C.COC(=O)C(C)C. The van der Waals surface area contributed by atoms with E-state index in [2.05, 4.69) is 9.47 Å². The van der Waals surface area contributed by atoms with Crippen LogP contribution in [-0.4, -0.2) is 25.7 Å². The molecule has 0 radical (unpaired) electrons. The van der Waals surface area contributed by atoms with Crippen molar-refractivity contribution in [1.82, 2.24) is 0 Å². The zero-order chi connectivity index (χ0) is 12.4. The molecule has 0 amide bonds. The third-order valence-corrected chi connectivity index (χ3v) is 1.43. The van der Waals surface area contributed by atoms with Crippen molar-refractivity contribution in [1.29, 1.82) is 0 Å². The van der Waals surface area contributed by atoms with Gasteiger partial charge in [-0.25, -0.2) is 0 Å². The molecule has 0 aromatic heterocycles. The zero-order valence-corrected chi connectivity index (χ0v) is 10.5. The third-order valence-electron chi connectivity index (χ3n) is 1.43. The predicted octanol–water partition coefficient (Wildman–Crippen LogP) is 2.66. The van der Waals surface area contributed by atoms with Gasteiger partial charge in [0.15, 0.2) is 0 Å². The van der Waals surface area contributed by atoms with Crippen molar-refractivity contribution in [2.24, 2.45) is 11.8 Å².